The number of carbonyl (C=O) groups excluding carboxylic acids is 3. The van der Waals surface area contributed by atoms with Crippen molar-refractivity contribution in [3.05, 3.63) is 43.1 Å². The zero-order valence-electron chi connectivity index (χ0n) is 25.5. The lowest BCUT2D eigenvalue weighted by atomic mass is 10.0. The van der Waals surface area contributed by atoms with Crippen molar-refractivity contribution in [1.29, 1.82) is 0 Å². The minimum absolute atomic E-state index is 0.0792. The van der Waals surface area contributed by atoms with Gasteiger partial charge in [-0.1, -0.05) is 36.6 Å². The first-order chi connectivity index (χ1) is 20.5. The number of rotatable bonds is 11. The molecule has 20 heteroatoms. The lowest BCUT2D eigenvalue weighted by Crippen LogP contribution is -2.71. The van der Waals surface area contributed by atoms with Crippen LogP contribution in [0.4, 0.5) is 5.13 Å². The Balaban J connectivity index is 1.56. The molecule has 0 bridgehead atoms. The lowest BCUT2D eigenvalue weighted by Gasteiger charge is -2.50. The third-order valence-corrected chi connectivity index (χ3v) is 11.1. The van der Waals surface area contributed by atoms with E-state index in [9.17, 15) is 24.0 Å². The van der Waals surface area contributed by atoms with Gasteiger partial charge in [-0.15, -0.1) is 23.1 Å². The molecular formula is C24H34N8O7S3Si2. The van der Waals surface area contributed by atoms with E-state index in [1.807, 2.05) is 19.6 Å². The maximum absolute atomic E-state index is 13.5. The first kappa shape index (κ1) is 33.7. The second-order valence-corrected chi connectivity index (χ2v) is 23.9. The molecule has 0 spiro atoms. The third-order valence-electron chi connectivity index (χ3n) is 5.88. The van der Waals surface area contributed by atoms with Gasteiger partial charge in [-0.05, 0) is 25.2 Å². The highest BCUT2D eigenvalue weighted by Crippen LogP contribution is 2.42. The highest BCUT2D eigenvalue weighted by Gasteiger charge is 2.55. The van der Waals surface area contributed by atoms with E-state index in [0.29, 0.717) is 22.2 Å². The Morgan fingerprint density at radius 3 is 2.52 bits per heavy atom. The van der Waals surface area contributed by atoms with Crippen molar-refractivity contribution in [2.75, 3.05) is 23.6 Å². The number of hydrogen-bond acceptors (Lipinski definition) is 14. The fourth-order valence-electron chi connectivity index (χ4n) is 4.12. The fourth-order valence-corrected chi connectivity index (χ4v) is 9.56. The van der Waals surface area contributed by atoms with E-state index < -0.39 is 56.9 Å². The molecule has 1 saturated heterocycles. The number of nitrogens with one attached hydrogen (secondary N) is 3. The number of H-pyrrole nitrogens is 1. The molecule has 0 unspecified atom stereocenters. The van der Waals surface area contributed by atoms with E-state index >= 15 is 0 Å². The van der Waals surface area contributed by atoms with Gasteiger partial charge in [0.1, 0.15) is 38.2 Å². The number of aromatic amines is 1. The summed E-state index contributed by atoms with van der Waals surface area (Å²) in [6.45, 7) is 11.9. The second-order valence-electron chi connectivity index (χ2n) is 11.8. The minimum Gasteiger partial charge on any atom is -0.515 e. The van der Waals surface area contributed by atoms with Gasteiger partial charge in [-0.25, -0.2) is 9.78 Å². The maximum atomic E-state index is 13.5. The first-order valence-electron chi connectivity index (χ1n) is 13.4. The monoisotopic (exact) mass is 698 g/mol. The van der Waals surface area contributed by atoms with Gasteiger partial charge in [0.2, 0.25) is 8.32 Å². The molecule has 3 N–H and O–H groups in total. The van der Waals surface area contributed by atoms with Crippen molar-refractivity contribution in [1.82, 2.24) is 30.0 Å². The summed E-state index contributed by atoms with van der Waals surface area (Å²) in [4.78, 5) is 81.6. The Hall–Kier alpha value is -3.21. The molecule has 2 aliphatic heterocycles. The van der Waals surface area contributed by atoms with Gasteiger partial charge >= 0.3 is 17.1 Å². The van der Waals surface area contributed by atoms with Gasteiger partial charge in [0.25, 0.3) is 11.8 Å². The molecule has 4 heterocycles. The highest BCUT2D eigenvalue weighted by atomic mass is 32.2. The van der Waals surface area contributed by atoms with Crippen LogP contribution in [0.25, 0.3) is 0 Å². The van der Waals surface area contributed by atoms with Gasteiger partial charge < -0.3 is 19.6 Å². The molecule has 44 heavy (non-hydrogen) atoms. The number of anilines is 1. The van der Waals surface area contributed by atoms with Crippen molar-refractivity contribution < 1.29 is 23.6 Å². The van der Waals surface area contributed by atoms with E-state index in [4.69, 9.17) is 9.26 Å². The van der Waals surface area contributed by atoms with Crippen LogP contribution in [0.3, 0.4) is 0 Å². The molecule has 2 atom stereocenters. The molecule has 15 nitrogen and oxygen atoms in total. The molecule has 2 amide bonds. The highest BCUT2D eigenvalue weighted by molar-refractivity contribution is 8.01. The summed E-state index contributed by atoms with van der Waals surface area (Å²) in [6, 6.07) is -0.932. The van der Waals surface area contributed by atoms with Gasteiger partial charge in [0, 0.05) is 23.9 Å². The van der Waals surface area contributed by atoms with E-state index in [2.05, 4.69) is 50.2 Å². The predicted octanol–water partition coefficient (Wildman–Crippen LogP) is 1.35. The van der Waals surface area contributed by atoms with Crippen molar-refractivity contribution in [3.8, 4) is 0 Å². The Kier molecular flexibility index (Phi) is 9.97. The lowest BCUT2D eigenvalue weighted by molar-refractivity contribution is -0.149. The number of β-lactam (4-membered cyclic amide) rings is 1. The summed E-state index contributed by atoms with van der Waals surface area (Å²) in [5, 5.41) is 11.0. The minimum atomic E-state index is -2.35. The molecule has 2 aromatic rings. The molecule has 238 valence electrons. The number of carbonyl (C=O) groups is 3. The van der Waals surface area contributed by atoms with E-state index in [1.54, 1.807) is 12.4 Å². The van der Waals surface area contributed by atoms with E-state index in [1.165, 1.54) is 39.8 Å². The van der Waals surface area contributed by atoms with Crippen LogP contribution in [0.5, 0.6) is 0 Å². The van der Waals surface area contributed by atoms with Crippen LogP contribution < -0.4 is 21.4 Å². The number of aryl methyl sites for hydroxylation is 1. The second kappa shape index (κ2) is 13.0. The number of oxime groups is 1. The molecule has 0 aliphatic carbocycles. The Morgan fingerprint density at radius 1 is 1.18 bits per heavy atom. The smallest absolute Gasteiger partial charge is 0.341 e. The zero-order valence-corrected chi connectivity index (χ0v) is 29.9. The van der Waals surface area contributed by atoms with Gasteiger partial charge in [0.15, 0.2) is 16.0 Å². The topological polar surface area (TPSA) is 190 Å². The Labute approximate surface area is 267 Å². The summed E-state index contributed by atoms with van der Waals surface area (Å²) in [5.41, 5.74) is -0.832. The van der Waals surface area contributed by atoms with Crippen LogP contribution in [-0.4, -0.2) is 94.7 Å². The Bertz CT molecular complexity index is 1660. The number of thioether (sulfide) groups is 2. The van der Waals surface area contributed by atoms with Crippen LogP contribution in [0, 0.1) is 0 Å². The summed E-state index contributed by atoms with van der Waals surface area (Å²) in [5.74, 6) is -1.20. The standard InChI is InChI=1S/C24H34N8O7S3Si2/c1-31-24(27-18(34)19(35)28-31)42-10-12-9-40-21-15(20(36)32(21)16(12)22(37)39-44(6,7)8)26-17(33)14(29-38-2)13-11-41-23(25-13)30-43(3,4)5/h11,15,21H,9-10H2,1-8H3,(H,25,30)(H,26,33)(H,28,35)/t15-,21-/m1/s1. The number of hydrogen-bond donors (Lipinski definition) is 3. The van der Waals surface area contributed by atoms with E-state index in [0.717, 1.165) is 11.8 Å². The van der Waals surface area contributed by atoms with Crippen LogP contribution in [-0.2, 0) is 30.7 Å². The van der Waals surface area contributed by atoms with Crippen LogP contribution in [0.1, 0.15) is 5.69 Å². The maximum Gasteiger partial charge on any atom is 0.341 e. The van der Waals surface area contributed by atoms with Crippen molar-refractivity contribution in [2.45, 2.75) is 55.9 Å². The molecule has 0 aromatic carbocycles. The molecule has 0 radical (unpaired) electrons. The molecular weight excluding hydrogens is 665 g/mol. The number of amides is 2. The van der Waals surface area contributed by atoms with Gasteiger partial charge in [0.05, 0.1) is 0 Å². The fraction of sp³-hybridized carbons (Fsp3) is 0.500. The SMILES string of the molecule is CON=C(C(=O)N[C@@H]1C(=O)N2C(C(=O)O[Si](C)(C)C)=C(CSc3nc(=O)c(=O)[nH]n3C)CS[C@H]12)c1csc(N[Si](C)(C)C)n1. The van der Waals surface area contributed by atoms with Crippen molar-refractivity contribution in [3.63, 3.8) is 0 Å². The van der Waals surface area contributed by atoms with Crippen LogP contribution in [0.2, 0.25) is 39.3 Å². The summed E-state index contributed by atoms with van der Waals surface area (Å²) in [6.07, 6.45) is 0. The normalized spacial score (nSPS) is 18.9. The number of fused-ring (bicyclic) bond motifs is 1. The number of thiazole rings is 1. The Morgan fingerprint density at radius 2 is 1.89 bits per heavy atom. The van der Waals surface area contributed by atoms with Gasteiger partial charge in [-0.2, -0.15) is 4.98 Å². The average Bonchev–Trinajstić information content (AvgIpc) is 3.36. The van der Waals surface area contributed by atoms with Crippen molar-refractivity contribution in [2.24, 2.45) is 12.2 Å². The number of aromatic nitrogens is 4. The summed E-state index contributed by atoms with van der Waals surface area (Å²) in [7, 11) is -1.18. The van der Waals surface area contributed by atoms with Crippen LogP contribution in [0.15, 0.2) is 36.6 Å². The quantitative estimate of drug-likeness (QED) is 0.0764. The molecule has 4 rings (SSSR count). The van der Waals surface area contributed by atoms with Gasteiger partial charge in [-0.3, -0.25) is 33.9 Å². The number of nitrogens with zero attached hydrogens (tertiary/aromatic N) is 5. The molecule has 0 saturated carbocycles. The largest absolute Gasteiger partial charge is 0.515 e. The summed E-state index contributed by atoms with van der Waals surface area (Å²) >= 11 is 3.85. The molecule has 2 aliphatic rings. The van der Waals surface area contributed by atoms with Crippen molar-refractivity contribution >= 4 is 80.0 Å². The van der Waals surface area contributed by atoms with Crippen LogP contribution >= 0.6 is 34.9 Å². The summed E-state index contributed by atoms with van der Waals surface area (Å²) < 4.78 is 7.10. The molecule has 1 fully saturated rings. The molecule has 2 aromatic heterocycles. The predicted molar refractivity (Wildman–Crippen MR) is 175 cm³/mol. The first-order valence-corrected chi connectivity index (χ1v) is 23.2. The van der Waals surface area contributed by atoms with E-state index in [-0.39, 0.29) is 22.3 Å². The third kappa shape index (κ3) is 7.71. The average molecular weight is 699 g/mol. The zero-order chi connectivity index (χ0) is 32.6.